The molecule has 21 heteroatoms. The molecule has 1 aliphatic carbocycles. The van der Waals surface area contributed by atoms with E-state index < -0.39 is 5.41 Å². The third-order valence-corrected chi connectivity index (χ3v) is 13.4. The SMILES string of the molecule is [B]C(Cc1c(=[B])/c(=C([B])\C([B])=C(\[B])C)c(-c2ccc(-n3c(-c4c([B])c([B])c([B])c([B])c4[B])nc4ccccc43)cc2)c2c([B])c([B])c([B])c([B])c12)=C1/C(=C(/[B])C#C)c2c([B])c([B])c([B])c(O)c2C1(C)C. The Morgan fingerprint density at radius 1 is 0.657 bits per heavy atom. The zero-order valence-electron chi connectivity index (χ0n) is 38.6. The zero-order valence-corrected chi connectivity index (χ0v) is 38.6. The molecule has 0 atom stereocenters. The molecule has 7 aromatic rings. The van der Waals surface area contributed by atoms with Crippen molar-refractivity contribution in [3.63, 3.8) is 0 Å². The molecule has 0 spiro atoms. The van der Waals surface area contributed by atoms with Gasteiger partial charge in [0.25, 0.3) is 0 Å². The monoisotopic (exact) mass is 851 g/mol. The van der Waals surface area contributed by atoms with Crippen molar-refractivity contribution in [2.45, 2.75) is 32.6 Å². The topological polar surface area (TPSA) is 38.0 Å². The predicted molar refractivity (Wildman–Crippen MR) is 311 cm³/mol. The number of hydrogen-bond acceptors (Lipinski definition) is 2. The van der Waals surface area contributed by atoms with Crippen LogP contribution in [0.5, 0.6) is 5.75 Å². The van der Waals surface area contributed by atoms with E-state index >= 15 is 0 Å². The summed E-state index contributed by atoms with van der Waals surface area (Å²) >= 11 is 0. The van der Waals surface area contributed by atoms with Gasteiger partial charge < -0.3 is 0 Å². The van der Waals surface area contributed by atoms with Crippen molar-refractivity contribution >= 4 is 239 Å². The number of imidazole rings is 1. The Balaban J connectivity index is 1.46. The first-order valence-electron chi connectivity index (χ1n) is 21.4. The molecule has 0 bridgehead atoms. The number of phenols is 1. The number of rotatable bonds is 6. The molecule has 0 aliphatic heterocycles. The van der Waals surface area contributed by atoms with Gasteiger partial charge in [-0.3, -0.25) is 0 Å². The molecule has 1 heterocycles. The molecule has 1 N–H and O–H groups in total. The zero-order chi connectivity index (χ0) is 51.5. The fourth-order valence-corrected chi connectivity index (χ4v) is 9.78. The fraction of sp³-hybridized carbons (Fsp3) is 0.102. The first kappa shape index (κ1) is 51.0. The third-order valence-electron chi connectivity index (χ3n) is 13.4. The van der Waals surface area contributed by atoms with E-state index in [0.717, 1.165) is 0 Å². The molecule has 6 aromatic carbocycles. The molecule has 0 saturated heterocycles. The van der Waals surface area contributed by atoms with Crippen LogP contribution in [0.1, 0.15) is 37.5 Å². The molecule has 35 radical (unpaired) electrons. The fourth-order valence-electron chi connectivity index (χ4n) is 9.78. The van der Waals surface area contributed by atoms with Crippen LogP contribution in [0.2, 0.25) is 0 Å². The van der Waals surface area contributed by atoms with Gasteiger partial charge in [-0.25, -0.2) is 0 Å². The van der Waals surface area contributed by atoms with Crippen LogP contribution in [0.4, 0.5) is 0 Å². The Morgan fingerprint density at radius 3 is 1.74 bits per heavy atom. The minimum atomic E-state index is -1.14. The average molecular weight is 848 g/mol. The summed E-state index contributed by atoms with van der Waals surface area (Å²) in [5.41, 5.74) is 4.07. The maximum absolute atomic E-state index is 11.5. The summed E-state index contributed by atoms with van der Waals surface area (Å²) in [5.74, 6) is 2.51. The molecule has 0 unspecified atom stereocenters. The van der Waals surface area contributed by atoms with E-state index in [-0.39, 0.29) is 132 Å². The molecule has 287 valence electrons. The van der Waals surface area contributed by atoms with Gasteiger partial charge in [0.05, 0.1) is 0 Å². The van der Waals surface area contributed by atoms with Gasteiger partial charge in [-0.2, -0.15) is 0 Å². The van der Waals surface area contributed by atoms with Crippen LogP contribution >= 0.6 is 0 Å². The maximum atomic E-state index is 11.5. The van der Waals surface area contributed by atoms with Crippen molar-refractivity contribution in [3.8, 4) is 46.3 Å². The van der Waals surface area contributed by atoms with Crippen molar-refractivity contribution in [1.82, 2.24) is 9.55 Å². The number of para-hydroxylation sites is 2. The Kier molecular flexibility index (Phi) is 13.4. The summed E-state index contributed by atoms with van der Waals surface area (Å²) in [5, 5.41) is 12.4. The number of aromatic hydroxyl groups is 1. The van der Waals surface area contributed by atoms with Gasteiger partial charge in [0.2, 0.25) is 0 Å². The molecule has 3 nitrogen and oxygen atoms in total. The second-order valence-electron chi connectivity index (χ2n) is 17.8. The van der Waals surface area contributed by atoms with Gasteiger partial charge in [-0.1, -0.05) is 0 Å². The molecular formula is C49H21B18N2O. The summed E-state index contributed by atoms with van der Waals surface area (Å²) in [6.07, 6.45) is 5.75. The van der Waals surface area contributed by atoms with Crippen LogP contribution in [-0.4, -0.2) is 156 Å². The Bertz CT molecular complexity index is 3750. The van der Waals surface area contributed by atoms with Gasteiger partial charge in [-0.15, -0.1) is 5.46 Å². The standard InChI is InChI=1S/C49H21B18N2O/c1-5-19(51)25-27-31(47(70)46(67)44(65)36(27)57)49(3,4)30(25)20(52)14-18-24-26(35(56)41(62)40(61)34(24)55)23(28(33(18)54)37(58)32(53)15(2)50)16-10-12-17(13-11-16)69-22-9-7-6-8-21(22)68-48(69)29-38(59)42(63)45(66)43(64)39(29)60/h1,6-13,70H,14H2,2-4H3/b25-19+,30-20?,32-15-,37-28+. The number of fused-ring (bicyclic) bond motifs is 3. The van der Waals surface area contributed by atoms with Gasteiger partial charge >= 0.3 is 407 Å². The molecule has 8 rings (SSSR count). The van der Waals surface area contributed by atoms with Crippen LogP contribution in [0.25, 0.3) is 61.1 Å². The summed E-state index contributed by atoms with van der Waals surface area (Å²) in [6.45, 7) is 5.18. The van der Waals surface area contributed by atoms with E-state index in [1.54, 1.807) is 32.9 Å². The molecule has 0 amide bonds. The quantitative estimate of drug-likeness (QED) is 0.134. The van der Waals surface area contributed by atoms with Crippen LogP contribution in [0.15, 0.2) is 76.0 Å². The molecule has 1 aliphatic rings. The number of nitrogens with zero attached hydrogens (tertiary/aromatic N) is 2. The predicted octanol–water partition coefficient (Wildman–Crippen LogP) is -6.52. The van der Waals surface area contributed by atoms with E-state index in [4.69, 9.17) is 152 Å². The Morgan fingerprint density at radius 2 is 1.17 bits per heavy atom. The second-order valence-corrected chi connectivity index (χ2v) is 17.8. The number of phenolic OH excluding ortho intramolecular Hbond substituents is 1. The van der Waals surface area contributed by atoms with Crippen molar-refractivity contribution in [2.24, 2.45) is 0 Å². The third kappa shape index (κ3) is 7.55. The number of allylic oxidation sites excluding steroid dienone is 6. The van der Waals surface area contributed by atoms with Gasteiger partial charge in [-0.05, 0) is 0 Å². The Labute approximate surface area is 433 Å². The van der Waals surface area contributed by atoms with Crippen LogP contribution in [0, 0.1) is 17.5 Å². The van der Waals surface area contributed by atoms with Crippen LogP contribution < -0.4 is 70.8 Å². The summed E-state index contributed by atoms with van der Waals surface area (Å²) < 4.78 is 1.85. The van der Waals surface area contributed by atoms with Gasteiger partial charge in [0.15, 0.2) is 0 Å². The van der Waals surface area contributed by atoms with E-state index in [1.165, 1.54) is 0 Å². The first-order chi connectivity index (χ1) is 32.8. The van der Waals surface area contributed by atoms with Gasteiger partial charge in [0.1, 0.15) is 23.5 Å². The second kappa shape index (κ2) is 18.4. The number of aromatic nitrogens is 2. The summed E-state index contributed by atoms with van der Waals surface area (Å²) in [6, 6.07) is 14.7. The average Bonchev–Trinajstić information content (AvgIpc) is 3.83. The van der Waals surface area contributed by atoms with Crippen molar-refractivity contribution < 1.29 is 5.11 Å². The molecule has 0 saturated carbocycles. The number of terminal acetylenes is 1. The molecule has 0 fully saturated rings. The van der Waals surface area contributed by atoms with E-state index in [0.29, 0.717) is 61.1 Å². The molecule has 1 aromatic heterocycles. The first-order valence-corrected chi connectivity index (χ1v) is 21.4. The van der Waals surface area contributed by atoms with E-state index in [9.17, 15) is 5.11 Å². The van der Waals surface area contributed by atoms with Gasteiger partial charge in [0, 0.05) is 0 Å². The minimum absolute atomic E-state index is 0.0129. The number of benzene rings is 6. The van der Waals surface area contributed by atoms with Crippen LogP contribution in [-0.2, 0) is 11.8 Å². The van der Waals surface area contributed by atoms with Crippen molar-refractivity contribution in [2.75, 3.05) is 0 Å². The van der Waals surface area contributed by atoms with Crippen molar-refractivity contribution in [3.05, 3.63) is 103 Å². The van der Waals surface area contributed by atoms with Crippen molar-refractivity contribution in [1.29, 1.82) is 0 Å². The molecule has 70 heavy (non-hydrogen) atoms. The van der Waals surface area contributed by atoms with E-state index in [1.807, 2.05) is 41.0 Å². The summed E-state index contributed by atoms with van der Waals surface area (Å²) in [4.78, 5) is 4.92. The Hall–Kier alpha value is -5.33. The normalized spacial score (nSPS) is 15.4. The van der Waals surface area contributed by atoms with Crippen LogP contribution in [0.3, 0.4) is 0 Å². The number of hydrogen-bond donors (Lipinski definition) is 1. The van der Waals surface area contributed by atoms with E-state index in [2.05, 4.69) is 5.92 Å². The summed E-state index contributed by atoms with van der Waals surface area (Å²) in [7, 11) is 120. The molecular weight excluding hydrogens is 827 g/mol.